The monoisotopic (exact) mass is 591 g/mol. The van der Waals surface area contributed by atoms with Crippen molar-refractivity contribution < 1.29 is 23.6 Å². The third kappa shape index (κ3) is 4.88. The second kappa shape index (κ2) is 10.3. The van der Waals surface area contributed by atoms with Crippen LogP contribution in [-0.2, 0) is 29.0 Å². The number of hydrogen-bond acceptors (Lipinski definition) is 6. The van der Waals surface area contributed by atoms with Crippen LogP contribution in [-0.4, -0.2) is 90.9 Å². The Hall–Kier alpha value is -1.94. The maximum absolute atomic E-state index is 14.6. The lowest BCUT2D eigenvalue weighted by atomic mass is 9.71. The van der Waals surface area contributed by atoms with Gasteiger partial charge in [-0.2, -0.15) is 0 Å². The number of ether oxygens (including phenoxy) is 1. The number of anilines is 1. The number of carbonyl (C=O) groups is 2. The minimum atomic E-state index is -0.589. The second-order valence-electron chi connectivity index (χ2n) is 16.0. The standard InChI is InChI=1S/C34H50BN3O5/c1-31(2)12-15-37(22-31)24-20-25(21-24)38-27-19-23(35-42-32(3,4)33(5,6)43-35)10-11-26(27)34(30(38)40)13-16-36(17-14-34)29(39)28-9-7-8-18-41-28/h10-11,19,24-25,28H,7-9,12-18,20-22H2,1-6H3. The summed E-state index contributed by atoms with van der Waals surface area (Å²) in [5.74, 6) is 0.323. The number of hydrogen-bond donors (Lipinski definition) is 0. The minimum Gasteiger partial charge on any atom is -0.399 e. The number of rotatable bonds is 4. The average Bonchev–Trinajstić information content (AvgIpc) is 3.50. The van der Waals surface area contributed by atoms with Crippen LogP contribution in [0.3, 0.4) is 0 Å². The second-order valence-corrected chi connectivity index (χ2v) is 16.0. The van der Waals surface area contributed by atoms with Gasteiger partial charge in [0.25, 0.3) is 5.91 Å². The molecule has 1 unspecified atom stereocenters. The van der Waals surface area contributed by atoms with Gasteiger partial charge in [0.2, 0.25) is 5.91 Å². The van der Waals surface area contributed by atoms with Crippen molar-refractivity contribution in [2.75, 3.05) is 37.7 Å². The lowest BCUT2D eigenvalue weighted by Gasteiger charge is -2.47. The first-order valence-electron chi connectivity index (χ1n) is 16.8. The van der Waals surface area contributed by atoms with Gasteiger partial charge in [-0.3, -0.25) is 14.5 Å². The Balaban J connectivity index is 1.15. The van der Waals surface area contributed by atoms with Gasteiger partial charge < -0.3 is 23.8 Å². The molecule has 0 aromatic heterocycles. The smallest absolute Gasteiger partial charge is 0.399 e. The van der Waals surface area contributed by atoms with E-state index < -0.39 is 23.7 Å². The number of nitrogens with zero attached hydrogens (tertiary/aromatic N) is 3. The first kappa shape index (κ1) is 29.8. The highest BCUT2D eigenvalue weighted by Gasteiger charge is 2.57. The van der Waals surface area contributed by atoms with Gasteiger partial charge >= 0.3 is 7.12 Å². The largest absolute Gasteiger partial charge is 0.494 e. The van der Waals surface area contributed by atoms with Crippen LogP contribution in [0, 0.1) is 5.41 Å². The summed E-state index contributed by atoms with van der Waals surface area (Å²) in [7, 11) is -0.472. The Morgan fingerprint density at radius 1 is 0.907 bits per heavy atom. The third-order valence-corrected chi connectivity index (χ3v) is 12.0. The fourth-order valence-corrected chi connectivity index (χ4v) is 8.36. The number of piperidine rings is 1. The van der Waals surface area contributed by atoms with Crippen molar-refractivity contribution >= 4 is 30.1 Å². The van der Waals surface area contributed by atoms with E-state index in [1.54, 1.807) is 0 Å². The summed E-state index contributed by atoms with van der Waals surface area (Å²) in [6.45, 7) is 17.2. The Morgan fingerprint density at radius 3 is 2.21 bits per heavy atom. The van der Waals surface area contributed by atoms with E-state index in [1.807, 2.05) is 4.90 Å². The van der Waals surface area contributed by atoms with Gasteiger partial charge in [-0.15, -0.1) is 0 Å². The molecule has 7 rings (SSSR count). The maximum Gasteiger partial charge on any atom is 0.494 e. The van der Waals surface area contributed by atoms with E-state index in [2.05, 4.69) is 69.5 Å². The van der Waals surface area contributed by atoms with Gasteiger partial charge in [-0.25, -0.2) is 0 Å². The van der Waals surface area contributed by atoms with Crippen molar-refractivity contribution in [2.45, 2.75) is 128 Å². The van der Waals surface area contributed by atoms with Gasteiger partial charge in [0.15, 0.2) is 0 Å². The van der Waals surface area contributed by atoms with Crippen LogP contribution in [0.4, 0.5) is 5.69 Å². The number of benzene rings is 1. The summed E-state index contributed by atoms with van der Waals surface area (Å²) in [5, 5.41) is 0. The fourth-order valence-electron chi connectivity index (χ4n) is 8.36. The molecule has 5 aliphatic heterocycles. The summed E-state index contributed by atoms with van der Waals surface area (Å²) in [6.07, 6.45) is 7.12. The van der Waals surface area contributed by atoms with E-state index in [0.717, 1.165) is 61.9 Å². The Labute approximate surface area is 257 Å². The van der Waals surface area contributed by atoms with Gasteiger partial charge in [0.05, 0.1) is 16.6 Å². The third-order valence-electron chi connectivity index (χ3n) is 12.0. The van der Waals surface area contributed by atoms with E-state index in [-0.39, 0.29) is 24.0 Å². The normalized spacial score (nSPS) is 32.7. The van der Waals surface area contributed by atoms with Crippen LogP contribution in [0.1, 0.15) is 98.5 Å². The topological polar surface area (TPSA) is 71.6 Å². The average molecular weight is 592 g/mol. The first-order valence-corrected chi connectivity index (χ1v) is 16.8. The Morgan fingerprint density at radius 2 is 1.60 bits per heavy atom. The molecule has 43 heavy (non-hydrogen) atoms. The molecule has 1 aliphatic carbocycles. The fraction of sp³-hybridized carbons (Fsp3) is 0.765. The van der Waals surface area contributed by atoms with Crippen molar-refractivity contribution in [3.8, 4) is 0 Å². The molecule has 9 heteroatoms. The summed E-state index contributed by atoms with van der Waals surface area (Å²) < 4.78 is 18.7. The molecule has 0 N–H and O–H groups in total. The lowest BCUT2D eigenvalue weighted by molar-refractivity contribution is -0.149. The maximum atomic E-state index is 14.6. The van der Waals surface area contributed by atoms with E-state index in [0.29, 0.717) is 44.0 Å². The zero-order valence-electron chi connectivity index (χ0n) is 27.1. The highest BCUT2D eigenvalue weighted by atomic mass is 16.7. The van der Waals surface area contributed by atoms with Crippen LogP contribution < -0.4 is 10.4 Å². The Bertz CT molecular complexity index is 1260. The first-order chi connectivity index (χ1) is 20.3. The SMILES string of the molecule is CC1(C)CCN(C2CC(N3C(=O)C4(CCN(C(=O)C5CCCCO5)CC4)c4ccc(B5OC(C)(C)C(C)(C)O5)cc43)C2)C1. The quantitative estimate of drug-likeness (QED) is 0.493. The highest BCUT2D eigenvalue weighted by molar-refractivity contribution is 6.62. The summed E-state index contributed by atoms with van der Waals surface area (Å²) >= 11 is 0. The number of likely N-dealkylation sites (tertiary alicyclic amines) is 2. The molecular weight excluding hydrogens is 541 g/mol. The predicted octanol–water partition coefficient (Wildman–Crippen LogP) is 4.02. The molecule has 0 radical (unpaired) electrons. The molecule has 1 aromatic carbocycles. The van der Waals surface area contributed by atoms with Crippen LogP contribution in [0.5, 0.6) is 0 Å². The molecule has 5 fully saturated rings. The molecule has 1 saturated carbocycles. The van der Waals surface area contributed by atoms with Crippen molar-refractivity contribution in [3.05, 3.63) is 23.8 Å². The lowest BCUT2D eigenvalue weighted by Crippen LogP contribution is -2.58. The van der Waals surface area contributed by atoms with Crippen molar-refractivity contribution in [2.24, 2.45) is 5.41 Å². The molecule has 1 spiro atoms. The van der Waals surface area contributed by atoms with E-state index >= 15 is 0 Å². The van der Waals surface area contributed by atoms with E-state index in [1.165, 1.54) is 6.42 Å². The Kier molecular flexibility index (Phi) is 7.12. The molecule has 5 heterocycles. The summed E-state index contributed by atoms with van der Waals surface area (Å²) in [6, 6.07) is 7.17. The van der Waals surface area contributed by atoms with Crippen molar-refractivity contribution in [3.63, 3.8) is 0 Å². The molecule has 4 saturated heterocycles. The minimum absolute atomic E-state index is 0.101. The van der Waals surface area contributed by atoms with Crippen LogP contribution in [0.15, 0.2) is 18.2 Å². The predicted molar refractivity (Wildman–Crippen MR) is 168 cm³/mol. The number of carbonyl (C=O) groups excluding carboxylic acids is 2. The van der Waals surface area contributed by atoms with E-state index in [4.69, 9.17) is 14.0 Å². The van der Waals surface area contributed by atoms with Crippen LogP contribution in [0.25, 0.3) is 0 Å². The van der Waals surface area contributed by atoms with Gasteiger partial charge in [-0.1, -0.05) is 26.0 Å². The summed E-state index contributed by atoms with van der Waals surface area (Å²) in [4.78, 5) is 34.7. The van der Waals surface area contributed by atoms with Crippen molar-refractivity contribution in [1.29, 1.82) is 0 Å². The molecule has 0 bridgehead atoms. The van der Waals surface area contributed by atoms with Crippen LogP contribution >= 0.6 is 0 Å². The molecule has 2 amide bonds. The number of fused-ring (bicyclic) bond motifs is 2. The zero-order valence-corrected chi connectivity index (χ0v) is 27.1. The molecule has 1 aromatic rings. The molecule has 1 atom stereocenters. The summed E-state index contributed by atoms with van der Waals surface area (Å²) in [5.41, 5.74) is 2.03. The molecular formula is C34H50BN3O5. The van der Waals surface area contributed by atoms with Crippen molar-refractivity contribution in [1.82, 2.24) is 9.80 Å². The highest BCUT2D eigenvalue weighted by Crippen LogP contribution is 2.51. The molecule has 6 aliphatic rings. The van der Waals surface area contributed by atoms with E-state index in [9.17, 15) is 9.59 Å². The number of amides is 2. The molecule has 8 nitrogen and oxygen atoms in total. The zero-order chi connectivity index (χ0) is 30.4. The van der Waals surface area contributed by atoms with Crippen LogP contribution in [0.2, 0.25) is 0 Å². The van der Waals surface area contributed by atoms with Gasteiger partial charge in [-0.05, 0) is 108 Å². The van der Waals surface area contributed by atoms with Gasteiger partial charge in [0, 0.05) is 44.0 Å². The van der Waals surface area contributed by atoms with Gasteiger partial charge in [0.1, 0.15) is 6.10 Å². The molecule has 234 valence electrons.